The number of amides is 4. The normalized spacial score (nSPS) is 18.9. The van der Waals surface area contributed by atoms with Crippen molar-refractivity contribution in [2.45, 2.75) is 38.7 Å². The molecule has 2 N–H and O–H groups in total. The molecule has 11 heteroatoms. The summed E-state index contributed by atoms with van der Waals surface area (Å²) in [6.45, 7) is 3.63. The van der Waals surface area contributed by atoms with Crippen LogP contribution in [0.25, 0.3) is 0 Å². The van der Waals surface area contributed by atoms with Crippen LogP contribution in [0.15, 0.2) is 59.9 Å². The molecule has 190 valence electrons. The summed E-state index contributed by atoms with van der Waals surface area (Å²) in [7, 11) is 1.44. The summed E-state index contributed by atoms with van der Waals surface area (Å²) in [4.78, 5) is 46.2. The van der Waals surface area contributed by atoms with Crippen molar-refractivity contribution in [3.8, 4) is 0 Å². The first kappa shape index (κ1) is 25.2. The number of hydrogen-bond acceptors (Lipinski definition) is 4. The molecule has 0 bridgehead atoms. The van der Waals surface area contributed by atoms with E-state index in [0.29, 0.717) is 5.69 Å². The minimum absolute atomic E-state index is 0.0250. The van der Waals surface area contributed by atoms with Crippen LogP contribution in [-0.2, 0) is 22.3 Å². The van der Waals surface area contributed by atoms with Gasteiger partial charge < -0.3 is 15.5 Å². The fourth-order valence-corrected chi connectivity index (χ4v) is 4.64. The van der Waals surface area contributed by atoms with Gasteiger partial charge in [-0.1, -0.05) is 38.1 Å². The lowest BCUT2D eigenvalue weighted by Gasteiger charge is -2.32. The van der Waals surface area contributed by atoms with Crippen molar-refractivity contribution < 1.29 is 27.6 Å². The largest absolute Gasteiger partial charge is 0.416 e. The van der Waals surface area contributed by atoms with E-state index in [4.69, 9.17) is 0 Å². The summed E-state index contributed by atoms with van der Waals surface area (Å²) in [6, 6.07) is 7.29. The van der Waals surface area contributed by atoms with E-state index in [1.54, 1.807) is 38.2 Å². The van der Waals surface area contributed by atoms with Crippen molar-refractivity contribution in [1.29, 1.82) is 0 Å². The lowest BCUT2D eigenvalue weighted by Crippen LogP contribution is -2.51. The first-order chi connectivity index (χ1) is 17.0. The molecule has 0 spiro atoms. The molecular weight excluding hydrogens is 475 g/mol. The number of halogens is 3. The molecular formula is C25H26F3N5O3. The van der Waals surface area contributed by atoms with Crippen LogP contribution in [0.4, 0.5) is 18.0 Å². The number of nitrogens with zero attached hydrogens (tertiary/aromatic N) is 3. The second kappa shape index (κ2) is 9.63. The smallest absolute Gasteiger partial charge is 0.349 e. The molecule has 0 aliphatic carbocycles. The number of benzene rings is 1. The Bertz CT molecular complexity index is 1210. The Morgan fingerprint density at radius 1 is 1.17 bits per heavy atom. The molecule has 1 aromatic heterocycles. The lowest BCUT2D eigenvalue weighted by atomic mass is 9.91. The molecule has 4 rings (SSSR count). The summed E-state index contributed by atoms with van der Waals surface area (Å²) < 4.78 is 41.3. The van der Waals surface area contributed by atoms with Gasteiger partial charge in [0, 0.05) is 13.2 Å². The predicted molar refractivity (Wildman–Crippen MR) is 124 cm³/mol. The minimum Gasteiger partial charge on any atom is -0.349 e. The Kier molecular flexibility index (Phi) is 6.75. The van der Waals surface area contributed by atoms with Crippen molar-refractivity contribution in [2.75, 3.05) is 13.6 Å². The monoisotopic (exact) mass is 501 g/mol. The van der Waals surface area contributed by atoms with E-state index < -0.39 is 41.7 Å². The van der Waals surface area contributed by atoms with E-state index >= 15 is 0 Å². The van der Waals surface area contributed by atoms with Crippen LogP contribution in [0.3, 0.4) is 0 Å². The first-order valence-corrected chi connectivity index (χ1v) is 11.4. The van der Waals surface area contributed by atoms with Gasteiger partial charge in [0.2, 0.25) is 5.91 Å². The van der Waals surface area contributed by atoms with Gasteiger partial charge in [0.25, 0.3) is 5.91 Å². The van der Waals surface area contributed by atoms with Crippen LogP contribution in [0, 0.1) is 5.92 Å². The third-order valence-electron chi connectivity index (χ3n) is 6.37. The number of carbonyl (C=O) groups excluding carboxylic acids is 3. The Balaban J connectivity index is 1.66. The van der Waals surface area contributed by atoms with Crippen LogP contribution in [0.5, 0.6) is 0 Å². The first-order valence-electron chi connectivity index (χ1n) is 11.4. The van der Waals surface area contributed by atoms with Gasteiger partial charge in [-0.3, -0.25) is 19.5 Å². The summed E-state index contributed by atoms with van der Waals surface area (Å²) in [5, 5.41) is 5.33. The number of urea groups is 1. The van der Waals surface area contributed by atoms with Gasteiger partial charge in [-0.2, -0.15) is 13.2 Å². The third kappa shape index (κ3) is 4.65. The third-order valence-corrected chi connectivity index (χ3v) is 6.37. The molecule has 2 unspecified atom stereocenters. The zero-order valence-corrected chi connectivity index (χ0v) is 20.0. The Morgan fingerprint density at radius 2 is 1.86 bits per heavy atom. The van der Waals surface area contributed by atoms with Crippen LogP contribution >= 0.6 is 0 Å². The molecule has 2 aromatic rings. The molecule has 3 heterocycles. The van der Waals surface area contributed by atoms with Gasteiger partial charge in [-0.25, -0.2) is 4.79 Å². The average Bonchev–Trinajstić information content (AvgIpc) is 3.17. The summed E-state index contributed by atoms with van der Waals surface area (Å²) in [5.74, 6) is -1.32. The summed E-state index contributed by atoms with van der Waals surface area (Å²) in [5.41, 5.74) is -0.232. The number of pyridine rings is 1. The van der Waals surface area contributed by atoms with Crippen LogP contribution in [-0.4, -0.2) is 52.3 Å². The average molecular weight is 502 g/mol. The maximum absolute atomic E-state index is 13.8. The van der Waals surface area contributed by atoms with Crippen molar-refractivity contribution in [2.24, 2.45) is 5.92 Å². The zero-order valence-electron chi connectivity index (χ0n) is 20.0. The fourth-order valence-electron chi connectivity index (χ4n) is 4.64. The van der Waals surface area contributed by atoms with E-state index in [1.807, 2.05) is 0 Å². The number of aromatic nitrogens is 1. The van der Waals surface area contributed by atoms with Crippen molar-refractivity contribution >= 4 is 17.8 Å². The molecule has 0 radical (unpaired) electrons. The Labute approximate surface area is 206 Å². The standard InChI is InChI=1S/C25H26F3N5O3/c1-14(2)21(22(34)30-12-15-8-6-7-11-29-15)33-13-18-19(23(33)35)20(31-24(36)32(18)3)16-9-4-5-10-17(16)25(26,27)28/h4-11,14,20-21H,12-13H2,1-3H3,(H,30,34)(H,31,36). The summed E-state index contributed by atoms with van der Waals surface area (Å²) in [6.07, 6.45) is -3.08. The Morgan fingerprint density at radius 3 is 2.50 bits per heavy atom. The molecule has 36 heavy (non-hydrogen) atoms. The highest BCUT2D eigenvalue weighted by molar-refractivity contribution is 6.03. The lowest BCUT2D eigenvalue weighted by molar-refractivity contribution is -0.139. The van der Waals surface area contributed by atoms with Crippen molar-refractivity contribution in [3.63, 3.8) is 0 Å². The van der Waals surface area contributed by atoms with E-state index in [1.165, 1.54) is 35.0 Å². The van der Waals surface area contributed by atoms with Crippen LogP contribution in [0.1, 0.15) is 36.7 Å². The Hall–Kier alpha value is -3.89. The SMILES string of the molecule is CC(C)C(C(=O)NCc1ccccn1)N1CC2=C(C1=O)C(c1ccccc1C(F)(F)F)NC(=O)N2C. The number of nitrogens with one attached hydrogen (secondary N) is 2. The second-order valence-electron chi connectivity index (χ2n) is 9.05. The van der Waals surface area contributed by atoms with Crippen molar-refractivity contribution in [3.05, 3.63) is 76.8 Å². The fraction of sp³-hybridized carbons (Fsp3) is 0.360. The van der Waals surface area contributed by atoms with Gasteiger partial charge in [-0.15, -0.1) is 0 Å². The zero-order chi connectivity index (χ0) is 26.2. The van der Waals surface area contributed by atoms with E-state index in [9.17, 15) is 27.6 Å². The van der Waals surface area contributed by atoms with Gasteiger partial charge in [0.05, 0.1) is 41.7 Å². The number of alkyl halides is 3. The van der Waals surface area contributed by atoms with Gasteiger partial charge >= 0.3 is 12.2 Å². The van der Waals surface area contributed by atoms with Gasteiger partial charge in [0.15, 0.2) is 0 Å². The highest BCUT2D eigenvalue weighted by atomic mass is 19.4. The van der Waals surface area contributed by atoms with Crippen LogP contribution < -0.4 is 10.6 Å². The quantitative estimate of drug-likeness (QED) is 0.636. The molecule has 0 fully saturated rings. The van der Waals surface area contributed by atoms with E-state index in [-0.39, 0.29) is 35.8 Å². The maximum atomic E-state index is 13.8. The number of likely N-dealkylation sites (N-methyl/N-ethyl adjacent to an activating group) is 1. The molecule has 2 aliphatic heterocycles. The summed E-state index contributed by atoms with van der Waals surface area (Å²) >= 11 is 0. The van der Waals surface area contributed by atoms with Crippen LogP contribution in [0.2, 0.25) is 0 Å². The number of rotatable bonds is 6. The second-order valence-corrected chi connectivity index (χ2v) is 9.05. The molecule has 2 aliphatic rings. The highest BCUT2D eigenvalue weighted by Crippen LogP contribution is 2.42. The van der Waals surface area contributed by atoms with E-state index in [0.717, 1.165) is 6.07 Å². The topological polar surface area (TPSA) is 94.6 Å². The molecule has 8 nitrogen and oxygen atoms in total. The molecule has 1 aromatic carbocycles. The molecule has 4 amide bonds. The number of carbonyl (C=O) groups is 3. The van der Waals surface area contributed by atoms with Gasteiger partial charge in [0.1, 0.15) is 6.04 Å². The molecule has 0 saturated carbocycles. The minimum atomic E-state index is -4.68. The molecule has 2 atom stereocenters. The van der Waals surface area contributed by atoms with Crippen molar-refractivity contribution in [1.82, 2.24) is 25.4 Å². The predicted octanol–water partition coefficient (Wildman–Crippen LogP) is 3.23. The highest BCUT2D eigenvalue weighted by Gasteiger charge is 2.48. The maximum Gasteiger partial charge on any atom is 0.416 e. The van der Waals surface area contributed by atoms with Gasteiger partial charge in [-0.05, 0) is 29.7 Å². The number of hydrogen-bond donors (Lipinski definition) is 2. The van der Waals surface area contributed by atoms with E-state index in [2.05, 4.69) is 15.6 Å². The molecule has 0 saturated heterocycles.